The van der Waals surface area contributed by atoms with Gasteiger partial charge in [-0.05, 0) is 35.4 Å². The lowest BCUT2D eigenvalue weighted by atomic mass is 9.67. The van der Waals surface area contributed by atoms with Crippen LogP contribution in [0.5, 0.6) is 0 Å². The van der Waals surface area contributed by atoms with Gasteiger partial charge >= 0.3 is 0 Å². The van der Waals surface area contributed by atoms with Crippen LogP contribution in [0.3, 0.4) is 0 Å². The molecular formula is C22H26Br2N+. The van der Waals surface area contributed by atoms with Crippen molar-refractivity contribution in [2.45, 2.75) is 24.7 Å². The third-order valence-corrected chi connectivity index (χ3v) is 6.88. The van der Waals surface area contributed by atoms with E-state index in [1.165, 1.54) is 43.6 Å². The molecule has 3 heteroatoms. The Bertz CT molecular complexity index is 663. The molecular weight excluding hydrogens is 438 g/mol. The van der Waals surface area contributed by atoms with Crippen LogP contribution in [-0.2, 0) is 5.41 Å². The van der Waals surface area contributed by atoms with Gasteiger partial charge in [-0.1, -0.05) is 62.2 Å². The summed E-state index contributed by atoms with van der Waals surface area (Å²) in [6.45, 7) is 7.51. The van der Waals surface area contributed by atoms with Crippen LogP contribution in [0, 0.1) is 0 Å². The van der Waals surface area contributed by atoms with Crippen LogP contribution < -0.4 is 0 Å². The molecule has 0 N–H and O–H groups in total. The summed E-state index contributed by atoms with van der Waals surface area (Å²) < 4.78 is 3.44. The van der Waals surface area contributed by atoms with Gasteiger partial charge in [0, 0.05) is 33.6 Å². The Balaban J connectivity index is 1.96. The first-order valence-electron chi connectivity index (χ1n) is 8.94. The van der Waals surface area contributed by atoms with Gasteiger partial charge in [-0.25, -0.2) is 0 Å². The van der Waals surface area contributed by atoms with E-state index in [1.807, 2.05) is 0 Å². The van der Waals surface area contributed by atoms with E-state index in [0.717, 1.165) is 19.8 Å². The highest BCUT2D eigenvalue weighted by Gasteiger charge is 2.42. The topological polar surface area (TPSA) is 0 Å². The SMILES string of the molecule is C=CCC[N+]1(C)CCC(c2ccc(Br)cc2)(c2ccc(Br)cc2)CC1. The number of quaternary nitrogens is 1. The van der Waals surface area contributed by atoms with Gasteiger partial charge in [-0.3, -0.25) is 0 Å². The van der Waals surface area contributed by atoms with Gasteiger partial charge in [0.1, 0.15) is 0 Å². The molecule has 0 saturated carbocycles. The lowest BCUT2D eigenvalue weighted by molar-refractivity contribution is -0.915. The van der Waals surface area contributed by atoms with E-state index < -0.39 is 0 Å². The van der Waals surface area contributed by atoms with E-state index in [1.54, 1.807) is 0 Å². The fraction of sp³-hybridized carbons (Fsp3) is 0.364. The molecule has 0 aromatic heterocycles. The van der Waals surface area contributed by atoms with Crippen LogP contribution in [0.25, 0.3) is 0 Å². The minimum atomic E-state index is 0.118. The number of benzene rings is 2. The minimum absolute atomic E-state index is 0.118. The van der Waals surface area contributed by atoms with Gasteiger partial charge < -0.3 is 4.48 Å². The molecule has 0 atom stereocenters. The smallest absolute Gasteiger partial charge is 0.0819 e. The van der Waals surface area contributed by atoms with Gasteiger partial charge in [0.2, 0.25) is 0 Å². The molecule has 1 fully saturated rings. The van der Waals surface area contributed by atoms with Gasteiger partial charge in [0.05, 0.1) is 26.7 Å². The number of halogens is 2. The second-order valence-electron chi connectivity index (χ2n) is 7.46. The molecule has 1 aliphatic rings. The van der Waals surface area contributed by atoms with E-state index in [-0.39, 0.29) is 5.41 Å². The lowest BCUT2D eigenvalue weighted by Crippen LogP contribution is -2.54. The highest BCUT2D eigenvalue weighted by molar-refractivity contribution is 9.10. The number of likely N-dealkylation sites (tertiary alicyclic amines) is 1. The Labute approximate surface area is 168 Å². The van der Waals surface area contributed by atoms with Crippen LogP contribution in [-0.4, -0.2) is 31.2 Å². The predicted molar refractivity (Wildman–Crippen MR) is 114 cm³/mol. The molecule has 2 aromatic carbocycles. The van der Waals surface area contributed by atoms with Gasteiger partial charge in [-0.15, -0.1) is 6.58 Å². The number of hydrogen-bond donors (Lipinski definition) is 0. The van der Waals surface area contributed by atoms with E-state index in [4.69, 9.17) is 0 Å². The van der Waals surface area contributed by atoms with Crippen LogP contribution in [0.2, 0.25) is 0 Å². The molecule has 0 bridgehead atoms. The first kappa shape index (κ1) is 18.9. The summed E-state index contributed by atoms with van der Waals surface area (Å²) in [5.41, 5.74) is 2.99. The zero-order valence-electron chi connectivity index (χ0n) is 14.8. The van der Waals surface area contributed by atoms with Crippen molar-refractivity contribution in [1.29, 1.82) is 0 Å². The van der Waals surface area contributed by atoms with Gasteiger partial charge in [0.25, 0.3) is 0 Å². The zero-order valence-corrected chi connectivity index (χ0v) is 18.0. The molecule has 0 amide bonds. The highest BCUT2D eigenvalue weighted by atomic mass is 79.9. The maximum Gasteiger partial charge on any atom is 0.0819 e. The van der Waals surface area contributed by atoms with E-state index in [0.29, 0.717) is 0 Å². The summed E-state index contributed by atoms with van der Waals surface area (Å²) in [4.78, 5) is 0. The maximum atomic E-state index is 3.90. The Morgan fingerprint density at radius 3 is 1.76 bits per heavy atom. The molecule has 0 spiro atoms. The fourth-order valence-electron chi connectivity index (χ4n) is 4.07. The van der Waals surface area contributed by atoms with Crippen molar-refractivity contribution in [2.24, 2.45) is 0 Å². The van der Waals surface area contributed by atoms with Crippen molar-refractivity contribution in [3.05, 3.63) is 81.3 Å². The zero-order chi connectivity index (χ0) is 17.9. The third-order valence-electron chi connectivity index (χ3n) is 5.82. The van der Waals surface area contributed by atoms with Crippen LogP contribution in [0.1, 0.15) is 30.4 Å². The fourth-order valence-corrected chi connectivity index (χ4v) is 4.60. The van der Waals surface area contributed by atoms with Gasteiger partial charge in [-0.2, -0.15) is 0 Å². The molecule has 25 heavy (non-hydrogen) atoms. The molecule has 1 saturated heterocycles. The second-order valence-corrected chi connectivity index (χ2v) is 9.29. The predicted octanol–water partition coefficient (Wildman–Crippen LogP) is 6.31. The van der Waals surface area contributed by atoms with E-state index in [2.05, 4.69) is 100 Å². The first-order chi connectivity index (χ1) is 12.0. The molecule has 1 heterocycles. The average molecular weight is 464 g/mol. The third kappa shape index (κ3) is 4.10. The summed E-state index contributed by atoms with van der Waals surface area (Å²) in [5, 5.41) is 0. The molecule has 132 valence electrons. The monoisotopic (exact) mass is 462 g/mol. The molecule has 1 aliphatic heterocycles. The standard InChI is InChI=1S/C22H26Br2N/c1-3-4-15-25(2)16-13-22(14-17-25,18-5-9-20(23)10-6-18)19-7-11-21(24)12-8-19/h3,5-12H,1,4,13-17H2,2H3/q+1. The summed E-state index contributed by atoms with van der Waals surface area (Å²) in [5.74, 6) is 0. The average Bonchev–Trinajstić information content (AvgIpc) is 2.63. The van der Waals surface area contributed by atoms with Crippen LogP contribution >= 0.6 is 31.9 Å². The first-order valence-corrected chi connectivity index (χ1v) is 10.5. The maximum absolute atomic E-state index is 3.90. The molecule has 3 rings (SSSR count). The summed E-state index contributed by atoms with van der Waals surface area (Å²) in [7, 11) is 2.40. The van der Waals surface area contributed by atoms with Crippen molar-refractivity contribution in [2.75, 3.05) is 26.7 Å². The van der Waals surface area contributed by atoms with Crippen LogP contribution in [0.4, 0.5) is 0 Å². The Morgan fingerprint density at radius 2 is 1.36 bits per heavy atom. The molecule has 0 radical (unpaired) electrons. The van der Waals surface area contributed by atoms with Crippen molar-refractivity contribution >= 4 is 31.9 Å². The normalized spacial score (nSPS) is 18.7. The Morgan fingerprint density at radius 1 is 0.920 bits per heavy atom. The largest absolute Gasteiger partial charge is 0.326 e. The number of nitrogens with zero attached hydrogens (tertiary/aromatic N) is 1. The number of piperidine rings is 1. The summed E-state index contributed by atoms with van der Waals surface area (Å²) in [6, 6.07) is 17.9. The highest BCUT2D eigenvalue weighted by Crippen LogP contribution is 2.43. The molecule has 0 unspecified atom stereocenters. The van der Waals surface area contributed by atoms with E-state index in [9.17, 15) is 0 Å². The minimum Gasteiger partial charge on any atom is -0.326 e. The van der Waals surface area contributed by atoms with Crippen molar-refractivity contribution in [3.8, 4) is 0 Å². The van der Waals surface area contributed by atoms with E-state index >= 15 is 0 Å². The molecule has 1 nitrogen and oxygen atoms in total. The van der Waals surface area contributed by atoms with Crippen LogP contribution in [0.15, 0.2) is 70.1 Å². The van der Waals surface area contributed by atoms with Crippen molar-refractivity contribution < 1.29 is 4.48 Å². The number of hydrogen-bond acceptors (Lipinski definition) is 0. The van der Waals surface area contributed by atoms with Gasteiger partial charge in [0.15, 0.2) is 0 Å². The summed E-state index contributed by atoms with van der Waals surface area (Å²) in [6.07, 6.45) is 5.52. The Hall–Kier alpha value is -0.900. The molecule has 0 aliphatic carbocycles. The number of rotatable bonds is 5. The lowest BCUT2D eigenvalue weighted by Gasteiger charge is -2.47. The van der Waals surface area contributed by atoms with Crippen molar-refractivity contribution in [1.82, 2.24) is 0 Å². The quantitative estimate of drug-likeness (QED) is 0.359. The Kier molecular flexibility index (Phi) is 5.87. The molecule has 2 aromatic rings. The summed E-state index contributed by atoms with van der Waals surface area (Å²) >= 11 is 7.16. The second kappa shape index (κ2) is 7.77. The van der Waals surface area contributed by atoms with Crippen molar-refractivity contribution in [3.63, 3.8) is 0 Å².